The molecule has 1 saturated heterocycles. The molecule has 1 amide bonds. The number of carbonyl (C=O) groups is 1. The van der Waals surface area contributed by atoms with Crippen LogP contribution < -0.4 is 16.0 Å². The number of hydrogen-bond donors (Lipinski definition) is 6. The first-order valence-corrected chi connectivity index (χ1v) is 14.9. The van der Waals surface area contributed by atoms with Gasteiger partial charge in [0.2, 0.25) is 0 Å². The zero-order chi connectivity index (χ0) is 29.9. The van der Waals surface area contributed by atoms with E-state index in [1.54, 1.807) is 6.07 Å². The van der Waals surface area contributed by atoms with E-state index in [2.05, 4.69) is 36.0 Å². The molecule has 0 aliphatic carbocycles. The largest absolute Gasteiger partial charge is 0.384 e. The van der Waals surface area contributed by atoms with Crippen molar-refractivity contribution in [3.63, 3.8) is 0 Å². The summed E-state index contributed by atoms with van der Waals surface area (Å²) in [4.78, 5) is 19.4. The number of H-pyrrole nitrogens is 1. The molecule has 14 heteroatoms. The van der Waals surface area contributed by atoms with E-state index in [0.717, 1.165) is 43.8 Å². The highest BCUT2D eigenvalue weighted by molar-refractivity contribution is 8.24. The molecule has 4 aromatic rings. The van der Waals surface area contributed by atoms with Crippen molar-refractivity contribution in [2.75, 3.05) is 56.3 Å². The molecule has 3 heterocycles. The number of aromatic amines is 1. The predicted molar refractivity (Wildman–Crippen MR) is 159 cm³/mol. The molecule has 2 aromatic carbocycles. The van der Waals surface area contributed by atoms with Crippen LogP contribution in [0.1, 0.15) is 23.2 Å². The quantitative estimate of drug-likeness (QED) is 0.144. The fourth-order valence-corrected chi connectivity index (χ4v) is 5.91. The van der Waals surface area contributed by atoms with Crippen molar-refractivity contribution in [3.8, 4) is 0 Å². The number of likely N-dealkylation sites (N-methyl/N-ethyl adjacent to an activating group) is 1. The molecule has 0 spiro atoms. The molecule has 1 aliphatic heterocycles. The lowest BCUT2D eigenvalue weighted by molar-refractivity contribution is 0.0904. The molecule has 1 fully saturated rings. The van der Waals surface area contributed by atoms with Crippen LogP contribution in [0, 0.1) is 11.6 Å². The highest BCUT2D eigenvalue weighted by Gasteiger charge is 2.24. The first kappa shape index (κ1) is 29.7. The molecule has 1 aliphatic rings. The molecule has 5 rings (SSSR count). The van der Waals surface area contributed by atoms with Crippen molar-refractivity contribution in [1.82, 2.24) is 20.1 Å². The first-order chi connectivity index (χ1) is 20.1. The van der Waals surface area contributed by atoms with Crippen molar-refractivity contribution in [2.24, 2.45) is 0 Å². The fourth-order valence-electron chi connectivity index (χ4n) is 4.60. The number of hydrogen-bond acceptors (Lipinski definition) is 9. The summed E-state index contributed by atoms with van der Waals surface area (Å²) in [6, 6.07) is 9.32. The Morgan fingerprint density at radius 2 is 1.83 bits per heavy atom. The molecule has 0 saturated carbocycles. The molecule has 224 valence electrons. The number of benzene rings is 2. The molecule has 6 N–H and O–H groups in total. The monoisotopic (exact) mass is 601 g/mol. The number of anilines is 3. The number of amides is 1. The lowest BCUT2D eigenvalue weighted by Crippen LogP contribution is -2.29. The van der Waals surface area contributed by atoms with Crippen LogP contribution in [0.3, 0.4) is 0 Å². The Morgan fingerprint density at radius 3 is 2.55 bits per heavy atom. The van der Waals surface area contributed by atoms with Gasteiger partial charge in [-0.25, -0.2) is 13.8 Å². The van der Waals surface area contributed by atoms with E-state index in [9.17, 15) is 22.7 Å². The number of ether oxygens (including phenoxy) is 1. The van der Waals surface area contributed by atoms with Gasteiger partial charge in [-0.3, -0.25) is 19.0 Å². The van der Waals surface area contributed by atoms with Crippen LogP contribution in [0.25, 0.3) is 11.0 Å². The van der Waals surface area contributed by atoms with Gasteiger partial charge in [0, 0.05) is 49.8 Å². The van der Waals surface area contributed by atoms with E-state index < -0.39 is 28.1 Å². The van der Waals surface area contributed by atoms with Crippen molar-refractivity contribution in [3.05, 3.63) is 65.9 Å². The number of pyridine rings is 1. The Bertz CT molecular complexity index is 1560. The maximum atomic E-state index is 13.8. The third-order valence-corrected chi connectivity index (χ3v) is 8.62. The summed E-state index contributed by atoms with van der Waals surface area (Å²) in [6.45, 7) is 2.84. The smallest absolute Gasteiger partial charge is 0.258 e. The number of nitrogens with one attached hydrogen (secondary N) is 4. The summed E-state index contributed by atoms with van der Waals surface area (Å²) in [5.41, 5.74) is 2.11. The summed E-state index contributed by atoms with van der Waals surface area (Å²) < 4.78 is 54.8. The third-order valence-electron chi connectivity index (χ3n) is 6.85. The summed E-state index contributed by atoms with van der Waals surface area (Å²) in [5, 5.41) is 16.8. The van der Waals surface area contributed by atoms with E-state index in [0.29, 0.717) is 35.9 Å². The highest BCUT2D eigenvalue weighted by Crippen LogP contribution is 2.56. The number of halogens is 2. The van der Waals surface area contributed by atoms with Gasteiger partial charge in [0.05, 0.1) is 26.9 Å². The summed E-state index contributed by atoms with van der Waals surface area (Å²) in [5.74, 6) is -2.15. The van der Waals surface area contributed by atoms with E-state index in [1.165, 1.54) is 12.3 Å². The van der Waals surface area contributed by atoms with Crippen LogP contribution in [0.15, 0.2) is 58.5 Å². The van der Waals surface area contributed by atoms with Gasteiger partial charge in [0.15, 0.2) is 5.65 Å². The second-order valence-electron chi connectivity index (χ2n) is 10.3. The van der Waals surface area contributed by atoms with E-state index in [1.807, 2.05) is 26.2 Å². The molecule has 0 radical (unpaired) electrons. The first-order valence-electron chi connectivity index (χ1n) is 13.4. The Balaban J connectivity index is 1.42. The normalized spacial score (nSPS) is 14.7. The maximum Gasteiger partial charge on any atom is 0.258 e. The van der Waals surface area contributed by atoms with E-state index in [4.69, 9.17) is 4.74 Å². The summed E-state index contributed by atoms with van der Waals surface area (Å²) in [7, 11) is 0.170. The van der Waals surface area contributed by atoms with Crippen LogP contribution in [0.5, 0.6) is 0 Å². The highest BCUT2D eigenvalue weighted by atomic mass is 32.3. The summed E-state index contributed by atoms with van der Waals surface area (Å²) >= 11 is 0. The SMILES string of the molecule is CN(C)CCNc1ccc(C(=O)Nc2[nH]nc3ncc(S(O)(O)c4cc(F)cc(F)c4)cc23)c(NC2CCOCC2)c1. The van der Waals surface area contributed by atoms with Gasteiger partial charge < -0.3 is 25.6 Å². The van der Waals surface area contributed by atoms with Crippen LogP contribution in [0.2, 0.25) is 0 Å². The summed E-state index contributed by atoms with van der Waals surface area (Å²) in [6.07, 6.45) is 2.78. The molecule has 11 nitrogen and oxygen atoms in total. The molecular formula is C28H33F2N7O4S. The zero-order valence-electron chi connectivity index (χ0n) is 23.2. The average Bonchev–Trinajstić information content (AvgIpc) is 3.35. The number of rotatable bonds is 10. The minimum atomic E-state index is -3.82. The minimum Gasteiger partial charge on any atom is -0.384 e. The third kappa shape index (κ3) is 6.79. The number of aromatic nitrogens is 3. The van der Waals surface area contributed by atoms with Crippen molar-refractivity contribution in [2.45, 2.75) is 28.7 Å². The number of nitrogens with zero attached hydrogens (tertiary/aromatic N) is 3. The van der Waals surface area contributed by atoms with Crippen LogP contribution >= 0.6 is 10.6 Å². The predicted octanol–water partition coefficient (Wildman–Crippen LogP) is 5.22. The van der Waals surface area contributed by atoms with Gasteiger partial charge in [-0.2, -0.15) is 5.10 Å². The van der Waals surface area contributed by atoms with Crippen LogP contribution in [-0.4, -0.2) is 81.5 Å². The molecular weight excluding hydrogens is 568 g/mol. The lowest BCUT2D eigenvalue weighted by Gasteiger charge is -2.32. The lowest BCUT2D eigenvalue weighted by atomic mass is 10.1. The molecule has 42 heavy (non-hydrogen) atoms. The Morgan fingerprint density at radius 1 is 1.10 bits per heavy atom. The Hall–Kier alpha value is -3.82. The minimum absolute atomic E-state index is 0.0908. The molecule has 0 unspecified atom stereocenters. The van der Waals surface area contributed by atoms with Gasteiger partial charge >= 0.3 is 0 Å². The van der Waals surface area contributed by atoms with Crippen LogP contribution in [0.4, 0.5) is 26.0 Å². The zero-order valence-corrected chi connectivity index (χ0v) is 24.0. The van der Waals surface area contributed by atoms with Gasteiger partial charge in [-0.05, 0) is 63.3 Å². The number of carbonyl (C=O) groups excluding carboxylic acids is 1. The van der Waals surface area contributed by atoms with E-state index in [-0.39, 0.29) is 27.3 Å². The maximum absolute atomic E-state index is 13.8. The van der Waals surface area contributed by atoms with Gasteiger partial charge in [0.25, 0.3) is 5.91 Å². The van der Waals surface area contributed by atoms with Gasteiger partial charge in [0.1, 0.15) is 17.5 Å². The topological polar surface area (TPSA) is 148 Å². The van der Waals surface area contributed by atoms with Crippen molar-refractivity contribution in [1.29, 1.82) is 0 Å². The fraction of sp³-hybridized carbons (Fsp3) is 0.321. The van der Waals surface area contributed by atoms with Gasteiger partial charge in [-0.1, -0.05) is 0 Å². The Kier molecular flexibility index (Phi) is 8.89. The van der Waals surface area contributed by atoms with Crippen molar-refractivity contribution >= 4 is 44.7 Å². The van der Waals surface area contributed by atoms with Crippen molar-refractivity contribution < 1.29 is 27.4 Å². The van der Waals surface area contributed by atoms with Crippen LogP contribution in [-0.2, 0) is 4.74 Å². The molecule has 0 atom stereocenters. The second kappa shape index (κ2) is 12.6. The standard InChI is InChI=1S/C28H33F2N7O4S/c1-37(2)8-7-31-20-3-4-23(25(14-20)33-19-5-9-41-10-6-19)28(38)34-27-24-15-22(16-32-26(24)35-36-27)42(39,40)21-12-17(29)11-18(30)13-21/h3-4,11-16,19,31,33,39-40H,5-10H2,1-2H3,(H2,32,34,35,36,38). The Labute approximate surface area is 243 Å². The second-order valence-corrected chi connectivity index (χ2v) is 12.3. The molecule has 2 aromatic heterocycles. The van der Waals surface area contributed by atoms with E-state index >= 15 is 0 Å². The molecule has 0 bridgehead atoms. The number of fused-ring (bicyclic) bond motifs is 1. The average molecular weight is 602 g/mol. The van der Waals surface area contributed by atoms with Gasteiger partial charge in [-0.15, -0.1) is 10.6 Å².